The average molecular weight is 326 g/mol. The molecule has 0 amide bonds. The van der Waals surface area contributed by atoms with Crippen molar-refractivity contribution in [3.63, 3.8) is 0 Å². The maximum atomic E-state index is 13.7. The minimum Gasteiger partial charge on any atom is -0.321 e. The predicted octanol–water partition coefficient (Wildman–Crippen LogP) is 5.17. The zero-order chi connectivity index (χ0) is 15.8. The Morgan fingerprint density at radius 3 is 2.24 bits per heavy atom. The fourth-order valence-electron chi connectivity index (χ4n) is 2.55. The van der Waals surface area contributed by atoms with Gasteiger partial charge in [0.15, 0.2) is 0 Å². The molecule has 0 fully saturated rings. The summed E-state index contributed by atoms with van der Waals surface area (Å²) in [6, 6.07) is 8.84. The van der Waals surface area contributed by atoms with Gasteiger partial charge in [0.25, 0.3) is 0 Å². The summed E-state index contributed by atoms with van der Waals surface area (Å²) < 4.78 is 13.7. The molecular formula is C17H18Cl2FN. The topological polar surface area (TPSA) is 26.0 Å². The number of nitrogens with two attached hydrogens (primary N) is 1. The van der Waals surface area contributed by atoms with Gasteiger partial charge in [-0.2, -0.15) is 0 Å². The molecule has 0 aliphatic rings. The fourth-order valence-corrected chi connectivity index (χ4v) is 3.15. The van der Waals surface area contributed by atoms with Crippen LogP contribution in [0.4, 0.5) is 4.39 Å². The molecule has 0 aliphatic heterocycles. The van der Waals surface area contributed by atoms with Gasteiger partial charge < -0.3 is 5.73 Å². The third-order valence-corrected chi connectivity index (χ3v) is 4.42. The van der Waals surface area contributed by atoms with Crippen molar-refractivity contribution in [1.29, 1.82) is 0 Å². The van der Waals surface area contributed by atoms with Gasteiger partial charge in [-0.1, -0.05) is 41.4 Å². The molecule has 2 rings (SSSR count). The molecule has 4 heteroatoms. The summed E-state index contributed by atoms with van der Waals surface area (Å²) in [7, 11) is 0. The van der Waals surface area contributed by atoms with E-state index < -0.39 is 11.4 Å². The molecule has 0 bridgehead atoms. The number of rotatable bonds is 3. The monoisotopic (exact) mass is 325 g/mol. The van der Waals surface area contributed by atoms with Gasteiger partial charge in [0.05, 0.1) is 5.02 Å². The van der Waals surface area contributed by atoms with Crippen LogP contribution in [0.1, 0.15) is 29.2 Å². The Morgan fingerprint density at radius 2 is 1.67 bits per heavy atom. The van der Waals surface area contributed by atoms with Crippen LogP contribution in [-0.2, 0) is 12.0 Å². The summed E-state index contributed by atoms with van der Waals surface area (Å²) in [5, 5.41) is 0.393. The SMILES string of the molecule is Cc1cccc(C)c1CC(C)(N)c1cc(F)c(Cl)cc1Cl. The Bertz CT molecular complexity index is 660. The summed E-state index contributed by atoms with van der Waals surface area (Å²) in [4.78, 5) is 0. The van der Waals surface area contributed by atoms with Crippen molar-refractivity contribution in [1.82, 2.24) is 0 Å². The molecule has 1 nitrogen and oxygen atoms in total. The second kappa shape index (κ2) is 5.96. The van der Waals surface area contributed by atoms with Crippen LogP contribution in [0, 0.1) is 19.7 Å². The van der Waals surface area contributed by atoms with E-state index in [2.05, 4.69) is 0 Å². The fraction of sp³-hybridized carbons (Fsp3) is 0.294. The first kappa shape index (κ1) is 16.3. The number of aryl methyl sites for hydroxylation is 2. The van der Waals surface area contributed by atoms with Gasteiger partial charge in [-0.15, -0.1) is 0 Å². The van der Waals surface area contributed by atoms with Gasteiger partial charge in [-0.3, -0.25) is 0 Å². The van der Waals surface area contributed by atoms with Crippen LogP contribution in [0.2, 0.25) is 10.0 Å². The van der Waals surface area contributed by atoms with Crippen LogP contribution in [0.5, 0.6) is 0 Å². The smallest absolute Gasteiger partial charge is 0.142 e. The van der Waals surface area contributed by atoms with Crippen molar-refractivity contribution >= 4 is 23.2 Å². The van der Waals surface area contributed by atoms with Crippen molar-refractivity contribution in [2.24, 2.45) is 5.73 Å². The maximum absolute atomic E-state index is 13.7. The van der Waals surface area contributed by atoms with Crippen LogP contribution in [0.3, 0.4) is 0 Å². The molecule has 0 saturated heterocycles. The minimum absolute atomic E-state index is 0.00613. The molecule has 2 aromatic carbocycles. The van der Waals surface area contributed by atoms with Crippen LogP contribution in [0.25, 0.3) is 0 Å². The maximum Gasteiger partial charge on any atom is 0.142 e. The van der Waals surface area contributed by atoms with E-state index in [0.717, 1.165) is 16.7 Å². The van der Waals surface area contributed by atoms with Crippen molar-refractivity contribution < 1.29 is 4.39 Å². The lowest BCUT2D eigenvalue weighted by Gasteiger charge is -2.28. The van der Waals surface area contributed by atoms with Gasteiger partial charge in [-0.05, 0) is 61.6 Å². The van der Waals surface area contributed by atoms with Crippen molar-refractivity contribution in [3.8, 4) is 0 Å². The normalized spacial score (nSPS) is 14.0. The Balaban J connectivity index is 2.45. The Morgan fingerprint density at radius 1 is 1.10 bits per heavy atom. The van der Waals surface area contributed by atoms with Gasteiger partial charge >= 0.3 is 0 Å². The highest BCUT2D eigenvalue weighted by atomic mass is 35.5. The van der Waals surface area contributed by atoms with Gasteiger partial charge in [-0.25, -0.2) is 4.39 Å². The highest BCUT2D eigenvalue weighted by Crippen LogP contribution is 2.33. The molecule has 2 aromatic rings. The second-order valence-electron chi connectivity index (χ2n) is 5.71. The molecule has 21 heavy (non-hydrogen) atoms. The van der Waals surface area contributed by atoms with E-state index in [-0.39, 0.29) is 5.02 Å². The first-order valence-corrected chi connectivity index (χ1v) is 7.47. The van der Waals surface area contributed by atoms with Crippen LogP contribution < -0.4 is 5.73 Å². The summed E-state index contributed by atoms with van der Waals surface area (Å²) in [6.45, 7) is 5.94. The zero-order valence-corrected chi connectivity index (χ0v) is 13.8. The molecule has 2 N–H and O–H groups in total. The van der Waals surface area contributed by atoms with Crippen molar-refractivity contribution in [3.05, 3.63) is 68.4 Å². The van der Waals surface area contributed by atoms with Gasteiger partial charge in [0.2, 0.25) is 0 Å². The summed E-state index contributed by atoms with van der Waals surface area (Å²) >= 11 is 11.9. The van der Waals surface area contributed by atoms with E-state index in [1.165, 1.54) is 12.1 Å². The number of benzene rings is 2. The second-order valence-corrected chi connectivity index (χ2v) is 6.53. The first-order chi connectivity index (χ1) is 9.72. The molecule has 1 unspecified atom stereocenters. The van der Waals surface area contributed by atoms with E-state index in [1.54, 1.807) is 0 Å². The highest BCUT2D eigenvalue weighted by molar-refractivity contribution is 6.35. The molecule has 0 saturated carbocycles. The lowest BCUT2D eigenvalue weighted by Crippen LogP contribution is -2.36. The Labute approximate surface area is 134 Å². The van der Waals surface area contributed by atoms with Crippen LogP contribution in [-0.4, -0.2) is 0 Å². The van der Waals surface area contributed by atoms with E-state index in [4.69, 9.17) is 28.9 Å². The molecule has 0 spiro atoms. The third-order valence-electron chi connectivity index (χ3n) is 3.81. The number of hydrogen-bond acceptors (Lipinski definition) is 1. The summed E-state index contributed by atoms with van der Waals surface area (Å²) in [5.74, 6) is -0.505. The number of hydrogen-bond donors (Lipinski definition) is 1. The third kappa shape index (κ3) is 3.39. The lowest BCUT2D eigenvalue weighted by atomic mass is 9.83. The van der Waals surface area contributed by atoms with Crippen molar-refractivity contribution in [2.45, 2.75) is 32.7 Å². The average Bonchev–Trinajstić information content (AvgIpc) is 2.38. The van der Waals surface area contributed by atoms with E-state index in [1.807, 2.05) is 39.0 Å². The number of halogens is 3. The Hall–Kier alpha value is -1.09. The summed E-state index contributed by atoms with van der Waals surface area (Å²) in [5.41, 5.74) is 9.71. The minimum atomic E-state index is -0.778. The standard InChI is InChI=1S/C17H18Cl2FN/c1-10-5-4-6-11(2)12(10)9-17(3,21)13-7-16(20)15(19)8-14(13)18/h4-8H,9,21H2,1-3H3. The van der Waals surface area contributed by atoms with Gasteiger partial charge in [0, 0.05) is 10.6 Å². The molecule has 0 aromatic heterocycles. The molecule has 1 atom stereocenters. The van der Waals surface area contributed by atoms with Crippen LogP contribution in [0.15, 0.2) is 30.3 Å². The largest absolute Gasteiger partial charge is 0.321 e. The summed E-state index contributed by atoms with van der Waals surface area (Å²) in [6.07, 6.45) is 0.576. The van der Waals surface area contributed by atoms with E-state index in [0.29, 0.717) is 17.0 Å². The van der Waals surface area contributed by atoms with E-state index in [9.17, 15) is 4.39 Å². The first-order valence-electron chi connectivity index (χ1n) is 6.71. The quantitative estimate of drug-likeness (QED) is 0.774. The zero-order valence-electron chi connectivity index (χ0n) is 12.3. The van der Waals surface area contributed by atoms with Gasteiger partial charge in [0.1, 0.15) is 5.82 Å². The molecular weight excluding hydrogens is 308 g/mol. The molecule has 0 aliphatic carbocycles. The van der Waals surface area contributed by atoms with E-state index >= 15 is 0 Å². The predicted molar refractivity (Wildman–Crippen MR) is 87.6 cm³/mol. The lowest BCUT2D eigenvalue weighted by molar-refractivity contribution is 0.484. The van der Waals surface area contributed by atoms with Crippen LogP contribution >= 0.6 is 23.2 Å². The highest BCUT2D eigenvalue weighted by Gasteiger charge is 2.27. The Kier molecular flexibility index (Phi) is 4.62. The molecule has 112 valence electrons. The molecule has 0 radical (unpaired) electrons. The molecule has 0 heterocycles. The van der Waals surface area contributed by atoms with Crippen molar-refractivity contribution in [2.75, 3.05) is 0 Å².